The number of pyridine rings is 1. The molecule has 5 nitrogen and oxygen atoms in total. The lowest BCUT2D eigenvalue weighted by molar-refractivity contribution is -0.114. The highest BCUT2D eigenvalue weighted by Crippen LogP contribution is 2.26. The van der Waals surface area contributed by atoms with E-state index in [0.29, 0.717) is 17.3 Å². The second-order valence-electron chi connectivity index (χ2n) is 5.43. The molecule has 3 aromatic rings. The van der Waals surface area contributed by atoms with E-state index in [4.69, 9.17) is 11.6 Å². The predicted octanol–water partition coefficient (Wildman–Crippen LogP) is 3.87. The van der Waals surface area contributed by atoms with E-state index < -0.39 is 0 Å². The molecule has 2 aromatic heterocycles. The van der Waals surface area contributed by atoms with Gasteiger partial charge in [0.05, 0.1) is 23.6 Å². The summed E-state index contributed by atoms with van der Waals surface area (Å²) in [4.78, 5) is 15.8. The minimum atomic E-state index is -0.126. The number of hydrogen-bond donors (Lipinski definition) is 2. The van der Waals surface area contributed by atoms with Crippen molar-refractivity contribution in [2.24, 2.45) is 0 Å². The number of nitrogens with one attached hydrogen (secondary N) is 2. The Hall–Kier alpha value is -2.53. The van der Waals surface area contributed by atoms with Gasteiger partial charge in [0.25, 0.3) is 0 Å². The summed E-state index contributed by atoms with van der Waals surface area (Å²) in [7, 11) is 0. The molecule has 0 saturated heterocycles. The van der Waals surface area contributed by atoms with Gasteiger partial charge in [0, 0.05) is 24.3 Å². The lowest BCUT2D eigenvalue weighted by Gasteiger charge is -2.12. The van der Waals surface area contributed by atoms with Gasteiger partial charge in [0.1, 0.15) is 5.65 Å². The number of fused-ring (bicyclic) bond motifs is 1. The summed E-state index contributed by atoms with van der Waals surface area (Å²) in [6.45, 7) is 4.06. The molecule has 0 bridgehead atoms. The van der Waals surface area contributed by atoms with Gasteiger partial charge in [-0.15, -0.1) is 0 Å². The van der Waals surface area contributed by atoms with E-state index >= 15 is 0 Å². The fraction of sp³-hybridized carbons (Fsp3) is 0.176. The first kappa shape index (κ1) is 15.4. The van der Waals surface area contributed by atoms with E-state index in [9.17, 15) is 4.79 Å². The number of aryl methyl sites for hydroxylation is 1. The molecule has 0 fully saturated rings. The van der Waals surface area contributed by atoms with Crippen LogP contribution < -0.4 is 10.6 Å². The maximum atomic E-state index is 11.3. The number of anilines is 2. The summed E-state index contributed by atoms with van der Waals surface area (Å²) in [5.41, 5.74) is 4.45. The number of amides is 1. The van der Waals surface area contributed by atoms with E-state index in [2.05, 4.69) is 15.6 Å². The summed E-state index contributed by atoms with van der Waals surface area (Å²) in [5.74, 6) is -0.126. The molecule has 3 rings (SSSR count). The smallest absolute Gasteiger partial charge is 0.221 e. The molecule has 0 atom stereocenters. The van der Waals surface area contributed by atoms with Crippen LogP contribution in [0.5, 0.6) is 0 Å². The number of aromatic nitrogens is 2. The zero-order valence-corrected chi connectivity index (χ0v) is 13.7. The van der Waals surface area contributed by atoms with Crippen LogP contribution in [0.1, 0.15) is 18.2 Å². The van der Waals surface area contributed by atoms with Gasteiger partial charge >= 0.3 is 0 Å². The van der Waals surface area contributed by atoms with E-state index in [1.54, 1.807) is 18.2 Å². The van der Waals surface area contributed by atoms with E-state index in [1.807, 2.05) is 35.9 Å². The van der Waals surface area contributed by atoms with E-state index in [-0.39, 0.29) is 5.91 Å². The Balaban J connectivity index is 1.81. The van der Waals surface area contributed by atoms with Gasteiger partial charge in [-0.25, -0.2) is 4.98 Å². The monoisotopic (exact) mass is 328 g/mol. The van der Waals surface area contributed by atoms with Gasteiger partial charge in [-0.1, -0.05) is 17.7 Å². The Labute approximate surface area is 139 Å². The summed E-state index contributed by atoms with van der Waals surface area (Å²) in [6.07, 6.45) is 4.02. The fourth-order valence-corrected chi connectivity index (χ4v) is 2.56. The maximum absolute atomic E-state index is 11.3. The second-order valence-corrected chi connectivity index (χ2v) is 5.87. The van der Waals surface area contributed by atoms with Crippen LogP contribution in [0.25, 0.3) is 5.65 Å². The molecular formula is C17H17ClN4O. The van der Waals surface area contributed by atoms with Crippen LogP contribution in [-0.2, 0) is 11.3 Å². The number of carbonyl (C=O) groups excluding carboxylic acids is 1. The molecule has 118 valence electrons. The van der Waals surface area contributed by atoms with Crippen molar-refractivity contribution < 1.29 is 4.79 Å². The second kappa shape index (κ2) is 6.30. The molecule has 0 unspecified atom stereocenters. The Morgan fingerprint density at radius 3 is 2.83 bits per heavy atom. The largest absolute Gasteiger partial charge is 0.378 e. The fourth-order valence-electron chi connectivity index (χ4n) is 2.39. The van der Waals surface area contributed by atoms with Gasteiger partial charge in [-0.3, -0.25) is 4.79 Å². The number of benzene rings is 1. The van der Waals surface area contributed by atoms with Crippen LogP contribution in [0.2, 0.25) is 5.02 Å². The maximum Gasteiger partial charge on any atom is 0.221 e. The third-order valence-electron chi connectivity index (χ3n) is 3.40. The average Bonchev–Trinajstić information content (AvgIpc) is 2.89. The molecule has 1 aromatic carbocycles. The standard InChI is InChI=1S/C17H17ClN4O/c1-11-3-6-17-21-14(10-22(17)9-11)8-19-16-7-13(18)4-5-15(16)20-12(2)23/h3-7,9-10,19H,8H2,1-2H3,(H,20,23). The van der Waals surface area contributed by atoms with Crippen molar-refractivity contribution in [3.8, 4) is 0 Å². The van der Waals surface area contributed by atoms with Crippen molar-refractivity contribution in [1.29, 1.82) is 0 Å². The molecule has 23 heavy (non-hydrogen) atoms. The average molecular weight is 329 g/mol. The van der Waals surface area contributed by atoms with Crippen molar-refractivity contribution in [3.05, 3.63) is 59.0 Å². The molecule has 0 spiro atoms. The highest BCUT2D eigenvalue weighted by Gasteiger charge is 2.07. The van der Waals surface area contributed by atoms with Crippen molar-refractivity contribution in [3.63, 3.8) is 0 Å². The van der Waals surface area contributed by atoms with Crippen LogP contribution in [0.15, 0.2) is 42.7 Å². The summed E-state index contributed by atoms with van der Waals surface area (Å²) < 4.78 is 2.00. The molecule has 1 amide bonds. The first-order chi connectivity index (χ1) is 11.0. The molecule has 0 aliphatic carbocycles. The van der Waals surface area contributed by atoms with Gasteiger partial charge in [-0.2, -0.15) is 0 Å². The lowest BCUT2D eigenvalue weighted by Crippen LogP contribution is -2.09. The highest BCUT2D eigenvalue weighted by molar-refractivity contribution is 6.31. The highest BCUT2D eigenvalue weighted by atomic mass is 35.5. The Bertz CT molecular complexity index is 872. The van der Waals surface area contributed by atoms with E-state index in [1.165, 1.54) is 12.5 Å². The Morgan fingerprint density at radius 1 is 1.22 bits per heavy atom. The van der Waals surface area contributed by atoms with Crippen molar-refractivity contribution in [2.45, 2.75) is 20.4 Å². The lowest BCUT2D eigenvalue weighted by atomic mass is 10.2. The zero-order valence-electron chi connectivity index (χ0n) is 12.9. The van der Waals surface area contributed by atoms with Crippen molar-refractivity contribution in [1.82, 2.24) is 9.38 Å². The molecule has 0 saturated carbocycles. The predicted molar refractivity (Wildman–Crippen MR) is 93.0 cm³/mol. The van der Waals surface area contributed by atoms with Crippen LogP contribution in [0.3, 0.4) is 0 Å². The van der Waals surface area contributed by atoms with Gasteiger partial charge < -0.3 is 15.0 Å². The van der Waals surface area contributed by atoms with Crippen LogP contribution in [0.4, 0.5) is 11.4 Å². The van der Waals surface area contributed by atoms with Crippen molar-refractivity contribution in [2.75, 3.05) is 10.6 Å². The van der Waals surface area contributed by atoms with Crippen LogP contribution in [-0.4, -0.2) is 15.3 Å². The first-order valence-electron chi connectivity index (χ1n) is 7.26. The number of hydrogen-bond acceptors (Lipinski definition) is 3. The molecule has 0 radical (unpaired) electrons. The number of carbonyl (C=O) groups is 1. The molecule has 0 aliphatic heterocycles. The van der Waals surface area contributed by atoms with Crippen LogP contribution >= 0.6 is 11.6 Å². The first-order valence-corrected chi connectivity index (χ1v) is 7.64. The number of nitrogens with zero attached hydrogens (tertiary/aromatic N) is 2. The number of halogens is 1. The molecule has 2 N–H and O–H groups in total. The van der Waals surface area contributed by atoms with E-state index in [0.717, 1.165) is 17.0 Å². The van der Waals surface area contributed by atoms with Gasteiger partial charge in [0.15, 0.2) is 0 Å². The zero-order chi connectivity index (χ0) is 16.4. The summed E-state index contributed by atoms with van der Waals surface area (Å²) in [6, 6.07) is 9.32. The molecule has 2 heterocycles. The molecule has 6 heteroatoms. The third kappa shape index (κ3) is 3.63. The SMILES string of the molecule is CC(=O)Nc1ccc(Cl)cc1NCc1cn2cc(C)ccc2n1. The molecular weight excluding hydrogens is 312 g/mol. The van der Waals surface area contributed by atoms with Gasteiger partial charge in [0.2, 0.25) is 5.91 Å². The third-order valence-corrected chi connectivity index (χ3v) is 3.64. The number of imidazole rings is 1. The summed E-state index contributed by atoms with van der Waals surface area (Å²) >= 11 is 6.04. The Kier molecular flexibility index (Phi) is 4.21. The normalized spacial score (nSPS) is 10.7. The van der Waals surface area contributed by atoms with Crippen LogP contribution in [0, 0.1) is 6.92 Å². The van der Waals surface area contributed by atoms with Gasteiger partial charge in [-0.05, 0) is 36.8 Å². The minimum absolute atomic E-state index is 0.126. The summed E-state index contributed by atoms with van der Waals surface area (Å²) in [5, 5.41) is 6.67. The quantitative estimate of drug-likeness (QED) is 0.764. The van der Waals surface area contributed by atoms with Crippen molar-refractivity contribution >= 4 is 34.5 Å². The Morgan fingerprint density at radius 2 is 2.04 bits per heavy atom. The molecule has 0 aliphatic rings. The number of rotatable bonds is 4. The minimum Gasteiger partial charge on any atom is -0.378 e. The topological polar surface area (TPSA) is 58.4 Å².